The van der Waals surface area contributed by atoms with Gasteiger partial charge in [0.1, 0.15) is 5.78 Å². The summed E-state index contributed by atoms with van der Waals surface area (Å²) in [6.45, 7) is 4.59. The van der Waals surface area contributed by atoms with Crippen LogP contribution in [0.2, 0.25) is 0 Å². The van der Waals surface area contributed by atoms with E-state index in [1.807, 2.05) is 6.08 Å². The molecule has 4 rings (SSSR count). The zero-order valence-corrected chi connectivity index (χ0v) is 16.4. The molecule has 0 aromatic carbocycles. The van der Waals surface area contributed by atoms with E-state index in [2.05, 4.69) is 19.9 Å². The first-order valence-corrected chi connectivity index (χ1v) is 10.4. The monoisotopic (exact) mass is 370 g/mol. The molecular formula is C23H30O4. The van der Waals surface area contributed by atoms with Gasteiger partial charge in [-0.3, -0.25) is 14.4 Å². The van der Waals surface area contributed by atoms with Crippen molar-refractivity contribution in [3.63, 3.8) is 0 Å². The smallest absolute Gasteiger partial charge is 0.303 e. The summed E-state index contributed by atoms with van der Waals surface area (Å²) in [5.41, 5.74) is 1.30. The van der Waals surface area contributed by atoms with Crippen LogP contribution in [-0.2, 0) is 14.4 Å². The fourth-order valence-corrected chi connectivity index (χ4v) is 7.13. The van der Waals surface area contributed by atoms with Crippen LogP contribution in [0.4, 0.5) is 0 Å². The summed E-state index contributed by atoms with van der Waals surface area (Å²) in [5, 5.41) is 8.93. The number of carboxylic acid groups (broad SMARTS) is 1. The molecule has 4 nitrogen and oxygen atoms in total. The summed E-state index contributed by atoms with van der Waals surface area (Å²) in [6, 6.07) is 0. The fourth-order valence-electron chi connectivity index (χ4n) is 7.13. The Morgan fingerprint density at radius 3 is 2.63 bits per heavy atom. The van der Waals surface area contributed by atoms with Crippen LogP contribution in [0, 0.1) is 34.5 Å². The molecule has 0 spiro atoms. The molecule has 4 heteroatoms. The lowest BCUT2D eigenvalue weighted by molar-refractivity contribution is -0.140. The van der Waals surface area contributed by atoms with Crippen LogP contribution in [0.15, 0.2) is 23.8 Å². The van der Waals surface area contributed by atoms with Gasteiger partial charge in [0.05, 0.1) is 6.42 Å². The third-order valence-corrected chi connectivity index (χ3v) is 8.53. The van der Waals surface area contributed by atoms with Gasteiger partial charge < -0.3 is 5.11 Å². The minimum Gasteiger partial charge on any atom is -0.481 e. The van der Waals surface area contributed by atoms with E-state index < -0.39 is 5.97 Å². The average Bonchev–Trinajstić information content (AvgIpc) is 2.97. The highest BCUT2D eigenvalue weighted by Gasteiger charge is 2.59. The van der Waals surface area contributed by atoms with Crippen LogP contribution in [-0.4, -0.2) is 22.6 Å². The summed E-state index contributed by atoms with van der Waals surface area (Å²) in [7, 11) is 0. The zero-order chi connectivity index (χ0) is 19.4. The minimum atomic E-state index is -0.884. The quantitative estimate of drug-likeness (QED) is 0.799. The van der Waals surface area contributed by atoms with Crippen LogP contribution < -0.4 is 0 Å². The van der Waals surface area contributed by atoms with E-state index in [9.17, 15) is 14.4 Å². The Labute approximate surface area is 161 Å². The van der Waals surface area contributed by atoms with Crippen molar-refractivity contribution < 1.29 is 19.5 Å². The number of aliphatic carboxylic acids is 1. The highest BCUT2D eigenvalue weighted by molar-refractivity contribution is 6.01. The maximum absolute atomic E-state index is 12.8. The van der Waals surface area contributed by atoms with E-state index in [1.165, 1.54) is 5.57 Å². The molecule has 0 unspecified atom stereocenters. The van der Waals surface area contributed by atoms with Crippen molar-refractivity contribution in [1.82, 2.24) is 0 Å². The Hall–Kier alpha value is -1.71. The number of carboxylic acids is 1. The predicted octanol–water partition coefficient (Wildman–Crippen LogP) is 4.34. The SMILES string of the molecule is C[C@]12CC[C@H]3[C@@H](CCC4=CC(=O)C=C[C@@]43C)[C@@H]1CC[C@@H]2C(=O)CCC(=O)O. The first kappa shape index (κ1) is 18.6. The van der Waals surface area contributed by atoms with Crippen molar-refractivity contribution in [2.75, 3.05) is 0 Å². The first-order valence-electron chi connectivity index (χ1n) is 10.4. The number of Topliss-reactive ketones (excluding diaryl/α,β-unsaturated/α-hetero) is 1. The van der Waals surface area contributed by atoms with Crippen molar-refractivity contribution >= 4 is 17.5 Å². The van der Waals surface area contributed by atoms with E-state index in [-0.39, 0.29) is 41.2 Å². The number of hydrogen-bond donors (Lipinski definition) is 1. The highest BCUT2D eigenvalue weighted by Crippen LogP contribution is 2.66. The normalized spacial score (nSPS) is 42.7. The minimum absolute atomic E-state index is 0.0104. The highest BCUT2D eigenvalue weighted by atomic mass is 16.4. The maximum atomic E-state index is 12.8. The van der Waals surface area contributed by atoms with Crippen molar-refractivity contribution in [1.29, 1.82) is 0 Å². The third kappa shape index (κ3) is 2.83. The number of ketones is 2. The molecule has 3 fully saturated rings. The molecule has 0 aromatic heterocycles. The number of fused-ring (bicyclic) bond motifs is 5. The van der Waals surface area contributed by atoms with E-state index in [0.717, 1.165) is 38.5 Å². The van der Waals surface area contributed by atoms with E-state index in [0.29, 0.717) is 17.8 Å². The van der Waals surface area contributed by atoms with Crippen LogP contribution in [0.1, 0.15) is 65.2 Å². The van der Waals surface area contributed by atoms with E-state index in [4.69, 9.17) is 5.11 Å². The first-order chi connectivity index (χ1) is 12.8. The Morgan fingerprint density at radius 1 is 1.11 bits per heavy atom. The molecule has 4 aliphatic rings. The summed E-state index contributed by atoms with van der Waals surface area (Å²) in [6.07, 6.45) is 12.1. The van der Waals surface area contributed by atoms with Crippen molar-refractivity contribution in [2.24, 2.45) is 34.5 Å². The van der Waals surface area contributed by atoms with Crippen LogP contribution in [0.3, 0.4) is 0 Å². The summed E-state index contributed by atoms with van der Waals surface area (Å²) >= 11 is 0. The number of hydrogen-bond acceptors (Lipinski definition) is 3. The van der Waals surface area contributed by atoms with Gasteiger partial charge in [-0.1, -0.05) is 25.5 Å². The van der Waals surface area contributed by atoms with Gasteiger partial charge in [-0.25, -0.2) is 0 Å². The maximum Gasteiger partial charge on any atom is 0.303 e. The van der Waals surface area contributed by atoms with Gasteiger partial charge in [0.15, 0.2) is 5.78 Å². The van der Waals surface area contributed by atoms with Gasteiger partial charge in [-0.15, -0.1) is 0 Å². The molecule has 6 atom stereocenters. The Kier molecular flexibility index (Phi) is 4.44. The Bertz CT molecular complexity index is 747. The molecule has 0 aliphatic heterocycles. The lowest BCUT2D eigenvalue weighted by Crippen LogP contribution is -2.50. The zero-order valence-electron chi connectivity index (χ0n) is 16.4. The van der Waals surface area contributed by atoms with Crippen molar-refractivity contribution in [3.8, 4) is 0 Å². The second-order valence-corrected chi connectivity index (χ2v) is 9.64. The molecule has 4 aliphatic carbocycles. The van der Waals surface area contributed by atoms with Crippen LogP contribution >= 0.6 is 0 Å². The van der Waals surface area contributed by atoms with Gasteiger partial charge in [0.25, 0.3) is 0 Å². The Morgan fingerprint density at radius 2 is 1.89 bits per heavy atom. The van der Waals surface area contributed by atoms with Crippen molar-refractivity contribution in [2.45, 2.75) is 65.2 Å². The third-order valence-electron chi connectivity index (χ3n) is 8.53. The number of carbonyl (C=O) groups is 3. The molecule has 27 heavy (non-hydrogen) atoms. The molecule has 0 saturated heterocycles. The molecular weight excluding hydrogens is 340 g/mol. The molecule has 0 radical (unpaired) electrons. The van der Waals surface area contributed by atoms with E-state index in [1.54, 1.807) is 6.08 Å². The van der Waals surface area contributed by atoms with Crippen LogP contribution in [0.25, 0.3) is 0 Å². The largest absolute Gasteiger partial charge is 0.481 e. The van der Waals surface area contributed by atoms with Crippen molar-refractivity contribution in [3.05, 3.63) is 23.8 Å². The summed E-state index contributed by atoms with van der Waals surface area (Å²) in [4.78, 5) is 35.5. The van der Waals surface area contributed by atoms with Gasteiger partial charge in [0.2, 0.25) is 0 Å². The summed E-state index contributed by atoms with van der Waals surface area (Å²) in [5.74, 6) is 1.10. The molecule has 146 valence electrons. The molecule has 0 heterocycles. The Balaban J connectivity index is 1.56. The predicted molar refractivity (Wildman–Crippen MR) is 102 cm³/mol. The fraction of sp³-hybridized carbons (Fsp3) is 0.696. The molecule has 0 aromatic rings. The molecule has 1 N–H and O–H groups in total. The average molecular weight is 370 g/mol. The van der Waals surface area contributed by atoms with Gasteiger partial charge in [-0.2, -0.15) is 0 Å². The second kappa shape index (κ2) is 6.42. The van der Waals surface area contributed by atoms with E-state index >= 15 is 0 Å². The topological polar surface area (TPSA) is 71.4 Å². The number of allylic oxidation sites excluding steroid dienone is 4. The molecule has 3 saturated carbocycles. The van der Waals surface area contributed by atoms with Gasteiger partial charge >= 0.3 is 5.97 Å². The summed E-state index contributed by atoms with van der Waals surface area (Å²) < 4.78 is 0. The standard InChI is InChI=1S/C23H30O4/c1-22-11-9-15(24)13-14(22)3-4-16-17-5-6-19(20(25)7-8-21(26)27)23(17,2)12-10-18(16)22/h9,11,13,16-19H,3-8,10,12H2,1-2H3,(H,26,27)/t16-,17-,18-,19+,22-,23-/m0/s1. The second-order valence-electron chi connectivity index (χ2n) is 9.64. The van der Waals surface area contributed by atoms with Crippen LogP contribution in [0.5, 0.6) is 0 Å². The number of rotatable bonds is 4. The molecule has 0 bridgehead atoms. The lowest BCUT2D eigenvalue weighted by atomic mass is 9.47. The number of carbonyl (C=O) groups excluding carboxylic acids is 2. The lowest BCUT2D eigenvalue weighted by Gasteiger charge is -2.57. The molecule has 0 amide bonds. The van der Waals surface area contributed by atoms with Gasteiger partial charge in [-0.05, 0) is 73.8 Å². The van der Waals surface area contributed by atoms with Gasteiger partial charge in [0, 0.05) is 17.8 Å².